The van der Waals surface area contributed by atoms with Crippen molar-refractivity contribution in [1.29, 1.82) is 0 Å². The highest BCUT2D eigenvalue weighted by Gasteiger charge is 2.43. The Morgan fingerprint density at radius 1 is 1.26 bits per heavy atom. The Kier molecular flexibility index (Phi) is 5.48. The molecular formula is C20H20ClFN4O4S. The third-order valence-corrected chi connectivity index (χ3v) is 7.90. The van der Waals surface area contributed by atoms with E-state index in [0.717, 1.165) is 5.56 Å². The molecule has 0 saturated heterocycles. The number of aryl methyl sites for hydroxylation is 1. The van der Waals surface area contributed by atoms with Crippen molar-refractivity contribution in [3.05, 3.63) is 74.1 Å². The lowest BCUT2D eigenvalue weighted by Crippen LogP contribution is -2.42. The molecule has 1 N–H and O–H groups in total. The standard InChI is InChI=1S/C20H20ClFN4O4S/c1-10-4-5-13(22)17(11(10)2)12(3)18(19-24-25-20(27)30-19)26-9-8-14-15(31(26,28)29)6-7-16(21)23-14/h4-7,12,18H,8-9H2,1-3H3,(H,25,27)/t12-,18+/m1/s1. The molecule has 0 radical (unpaired) electrons. The van der Waals surface area contributed by atoms with Crippen LogP contribution in [0.15, 0.2) is 38.4 Å². The zero-order valence-corrected chi connectivity index (χ0v) is 18.6. The minimum Gasteiger partial charge on any atom is -0.391 e. The first-order valence-corrected chi connectivity index (χ1v) is 11.4. The van der Waals surface area contributed by atoms with E-state index in [9.17, 15) is 17.6 Å². The summed E-state index contributed by atoms with van der Waals surface area (Å²) in [6.45, 7) is 5.35. The van der Waals surface area contributed by atoms with Crippen LogP contribution in [-0.4, -0.2) is 34.4 Å². The molecule has 0 saturated carbocycles. The largest absolute Gasteiger partial charge is 0.434 e. The van der Waals surface area contributed by atoms with Gasteiger partial charge < -0.3 is 4.42 Å². The number of fused-ring (bicyclic) bond motifs is 1. The van der Waals surface area contributed by atoms with E-state index in [2.05, 4.69) is 15.2 Å². The van der Waals surface area contributed by atoms with Crippen LogP contribution in [0.2, 0.25) is 5.15 Å². The molecule has 2 atom stereocenters. The quantitative estimate of drug-likeness (QED) is 0.591. The smallest absolute Gasteiger partial charge is 0.391 e. The highest BCUT2D eigenvalue weighted by molar-refractivity contribution is 7.89. The van der Waals surface area contributed by atoms with Crippen LogP contribution in [0.4, 0.5) is 4.39 Å². The van der Waals surface area contributed by atoms with Crippen molar-refractivity contribution < 1.29 is 17.2 Å². The van der Waals surface area contributed by atoms with E-state index in [1.807, 2.05) is 6.92 Å². The molecule has 164 valence electrons. The molecule has 31 heavy (non-hydrogen) atoms. The van der Waals surface area contributed by atoms with Gasteiger partial charge in [0, 0.05) is 18.9 Å². The van der Waals surface area contributed by atoms with Crippen LogP contribution >= 0.6 is 11.6 Å². The zero-order valence-electron chi connectivity index (χ0n) is 17.0. The Morgan fingerprint density at radius 3 is 2.68 bits per heavy atom. The molecular weight excluding hydrogens is 447 g/mol. The Bertz CT molecular complexity index is 1320. The number of nitrogens with zero attached hydrogens (tertiary/aromatic N) is 3. The number of H-pyrrole nitrogens is 1. The lowest BCUT2D eigenvalue weighted by atomic mass is 9.87. The van der Waals surface area contributed by atoms with Gasteiger partial charge in [-0.05, 0) is 48.7 Å². The number of aromatic nitrogens is 3. The van der Waals surface area contributed by atoms with Gasteiger partial charge in [0.2, 0.25) is 15.9 Å². The second kappa shape index (κ2) is 7.85. The molecule has 3 aromatic rings. The molecule has 3 heterocycles. The highest BCUT2D eigenvalue weighted by atomic mass is 35.5. The maximum atomic E-state index is 14.9. The summed E-state index contributed by atoms with van der Waals surface area (Å²) < 4.78 is 48.2. The molecule has 2 aromatic heterocycles. The van der Waals surface area contributed by atoms with Crippen LogP contribution in [-0.2, 0) is 16.4 Å². The maximum absolute atomic E-state index is 14.9. The average Bonchev–Trinajstić information content (AvgIpc) is 3.12. The Hall–Kier alpha value is -2.56. The van der Waals surface area contributed by atoms with Crippen LogP contribution in [0.1, 0.15) is 47.2 Å². The first-order chi connectivity index (χ1) is 14.6. The van der Waals surface area contributed by atoms with Crippen molar-refractivity contribution in [2.75, 3.05) is 6.54 Å². The Labute approximate surface area is 183 Å². The topological polar surface area (TPSA) is 109 Å². The van der Waals surface area contributed by atoms with Crippen molar-refractivity contribution in [3.63, 3.8) is 0 Å². The fourth-order valence-corrected chi connectivity index (χ4v) is 6.11. The van der Waals surface area contributed by atoms with E-state index in [0.29, 0.717) is 23.2 Å². The number of hydrogen-bond acceptors (Lipinski definition) is 6. The molecule has 4 rings (SSSR count). The first kappa shape index (κ1) is 21.7. The molecule has 0 aliphatic carbocycles. The van der Waals surface area contributed by atoms with Gasteiger partial charge in [-0.25, -0.2) is 27.7 Å². The van der Waals surface area contributed by atoms with Gasteiger partial charge in [0.05, 0.1) is 5.69 Å². The Morgan fingerprint density at radius 2 is 2.00 bits per heavy atom. The number of rotatable bonds is 4. The summed E-state index contributed by atoms with van der Waals surface area (Å²) in [6.07, 6.45) is 0.294. The fourth-order valence-electron chi connectivity index (χ4n) is 4.10. The van der Waals surface area contributed by atoms with Crippen molar-refractivity contribution in [2.45, 2.75) is 44.0 Å². The predicted octanol–water partition coefficient (Wildman–Crippen LogP) is 3.26. The number of hydrogen-bond donors (Lipinski definition) is 1. The van der Waals surface area contributed by atoms with Gasteiger partial charge in [0.1, 0.15) is 21.9 Å². The summed E-state index contributed by atoms with van der Waals surface area (Å²) in [7, 11) is -4.05. The van der Waals surface area contributed by atoms with Gasteiger partial charge >= 0.3 is 5.76 Å². The molecule has 0 spiro atoms. The molecule has 0 amide bonds. The van der Waals surface area contributed by atoms with Crippen molar-refractivity contribution in [3.8, 4) is 0 Å². The van der Waals surface area contributed by atoms with E-state index in [1.54, 1.807) is 19.9 Å². The van der Waals surface area contributed by atoms with E-state index in [4.69, 9.17) is 16.0 Å². The summed E-state index contributed by atoms with van der Waals surface area (Å²) in [5.41, 5.74) is 2.25. The minimum atomic E-state index is -4.05. The van der Waals surface area contributed by atoms with Crippen LogP contribution < -0.4 is 5.76 Å². The number of pyridine rings is 1. The SMILES string of the molecule is Cc1ccc(F)c([C@@H](C)[C@@H](c2n[nH]c(=O)o2)N2CCc3nc(Cl)ccc3S2(=O)=O)c1C. The highest BCUT2D eigenvalue weighted by Crippen LogP contribution is 2.42. The van der Waals surface area contributed by atoms with Crippen LogP contribution in [0.5, 0.6) is 0 Å². The van der Waals surface area contributed by atoms with E-state index in [-0.39, 0.29) is 22.5 Å². The minimum absolute atomic E-state index is 0.0136. The predicted molar refractivity (Wildman–Crippen MR) is 111 cm³/mol. The molecule has 8 nitrogen and oxygen atoms in total. The molecule has 0 unspecified atom stereocenters. The van der Waals surface area contributed by atoms with E-state index >= 15 is 0 Å². The number of sulfonamides is 1. The second-order valence-corrected chi connectivity index (χ2v) is 9.78. The average molecular weight is 467 g/mol. The van der Waals surface area contributed by atoms with Crippen LogP contribution in [0.25, 0.3) is 0 Å². The van der Waals surface area contributed by atoms with Crippen LogP contribution in [0, 0.1) is 19.7 Å². The van der Waals surface area contributed by atoms with E-state index < -0.39 is 33.6 Å². The van der Waals surface area contributed by atoms with Crippen molar-refractivity contribution in [1.82, 2.24) is 19.5 Å². The molecule has 1 aliphatic heterocycles. The van der Waals surface area contributed by atoms with Gasteiger partial charge in [0.15, 0.2) is 0 Å². The normalized spacial score (nSPS) is 17.8. The van der Waals surface area contributed by atoms with Gasteiger partial charge in [-0.2, -0.15) is 4.31 Å². The Balaban J connectivity index is 1.89. The third-order valence-electron chi connectivity index (χ3n) is 5.73. The molecule has 1 aromatic carbocycles. The lowest BCUT2D eigenvalue weighted by molar-refractivity contribution is 0.235. The summed E-state index contributed by atoms with van der Waals surface area (Å²) >= 11 is 5.92. The van der Waals surface area contributed by atoms with Crippen molar-refractivity contribution in [2.24, 2.45) is 0 Å². The molecule has 1 aliphatic rings. The monoisotopic (exact) mass is 466 g/mol. The van der Waals surface area contributed by atoms with Crippen molar-refractivity contribution >= 4 is 21.6 Å². The summed E-state index contributed by atoms with van der Waals surface area (Å²) in [4.78, 5) is 15.8. The van der Waals surface area contributed by atoms with Gasteiger partial charge in [0.25, 0.3) is 0 Å². The van der Waals surface area contributed by atoms with E-state index in [1.165, 1.54) is 22.5 Å². The summed E-state index contributed by atoms with van der Waals surface area (Å²) in [6, 6.07) is 4.75. The summed E-state index contributed by atoms with van der Waals surface area (Å²) in [5.74, 6) is -2.13. The van der Waals surface area contributed by atoms with Crippen LogP contribution in [0.3, 0.4) is 0 Å². The van der Waals surface area contributed by atoms with Gasteiger partial charge in [-0.3, -0.25) is 0 Å². The maximum Gasteiger partial charge on any atom is 0.434 e. The number of aromatic amines is 1. The third kappa shape index (κ3) is 3.68. The molecule has 0 bridgehead atoms. The number of benzene rings is 1. The fraction of sp³-hybridized carbons (Fsp3) is 0.350. The summed E-state index contributed by atoms with van der Waals surface area (Å²) in [5, 5.41) is 6.25. The van der Waals surface area contributed by atoms with Gasteiger partial charge in [-0.15, -0.1) is 5.10 Å². The second-order valence-electron chi connectivity index (χ2n) is 7.53. The number of nitrogens with one attached hydrogen (secondary N) is 1. The number of halogens is 2. The first-order valence-electron chi connectivity index (χ1n) is 9.59. The van der Waals surface area contributed by atoms with Gasteiger partial charge in [-0.1, -0.05) is 24.6 Å². The lowest BCUT2D eigenvalue weighted by Gasteiger charge is -2.36. The molecule has 0 fully saturated rings. The zero-order chi connectivity index (χ0) is 22.5. The molecule has 11 heteroatoms.